The lowest BCUT2D eigenvalue weighted by Gasteiger charge is -2.23. The van der Waals surface area contributed by atoms with E-state index in [9.17, 15) is 9.59 Å². The molecule has 7 nitrogen and oxygen atoms in total. The highest BCUT2D eigenvalue weighted by Gasteiger charge is 2.19. The summed E-state index contributed by atoms with van der Waals surface area (Å²) in [6, 6.07) is 2.27. The number of ether oxygens (including phenoxy) is 2. The molecule has 21 heavy (non-hydrogen) atoms. The molecule has 0 saturated heterocycles. The van der Waals surface area contributed by atoms with Crippen molar-refractivity contribution in [3.8, 4) is 5.88 Å². The number of carbonyl (C=O) groups is 2. The van der Waals surface area contributed by atoms with Gasteiger partial charge in [0.05, 0.1) is 6.04 Å². The minimum Gasteiger partial charge on any atom is -0.473 e. The van der Waals surface area contributed by atoms with Crippen molar-refractivity contribution in [3.63, 3.8) is 0 Å². The van der Waals surface area contributed by atoms with Gasteiger partial charge in [-0.15, -0.1) is 5.10 Å². The van der Waals surface area contributed by atoms with Gasteiger partial charge in [0.2, 0.25) is 5.88 Å². The zero-order valence-electron chi connectivity index (χ0n) is 12.1. The lowest BCUT2D eigenvalue weighted by Crippen LogP contribution is -2.19. The maximum atomic E-state index is 10.7. The molecule has 0 bridgehead atoms. The molecule has 0 aliphatic heterocycles. The molecule has 2 rings (SSSR count). The van der Waals surface area contributed by atoms with Crippen LogP contribution in [-0.4, -0.2) is 40.0 Å². The first-order valence-electron chi connectivity index (χ1n) is 7.17. The summed E-state index contributed by atoms with van der Waals surface area (Å²) in [7, 11) is 0. The monoisotopic (exact) mass is 296 g/mol. The van der Waals surface area contributed by atoms with Crippen molar-refractivity contribution in [1.29, 1.82) is 0 Å². The predicted molar refractivity (Wildman–Crippen MR) is 73.2 cm³/mol. The Morgan fingerprint density at radius 3 is 2.71 bits per heavy atom. The maximum Gasteiger partial charge on any atom is 0.417 e. The molecule has 0 aromatic carbocycles. The number of hydrogen-bond donors (Lipinski definition) is 1. The molecule has 0 amide bonds. The van der Waals surface area contributed by atoms with E-state index >= 15 is 0 Å². The highest BCUT2D eigenvalue weighted by molar-refractivity contribution is 6.28. The van der Waals surface area contributed by atoms with Crippen molar-refractivity contribution in [1.82, 2.24) is 9.78 Å². The lowest BCUT2D eigenvalue weighted by molar-refractivity contribution is -0.164. The molecule has 116 valence electrons. The molecule has 0 unspecified atom stereocenters. The molecular formula is C14H20N2O5. The summed E-state index contributed by atoms with van der Waals surface area (Å²) in [4.78, 5) is 21.0. The van der Waals surface area contributed by atoms with Crippen molar-refractivity contribution in [2.45, 2.75) is 45.1 Å². The Balaban J connectivity index is 1.81. The van der Waals surface area contributed by atoms with Crippen LogP contribution in [0.2, 0.25) is 0 Å². The molecule has 1 aliphatic carbocycles. The number of esters is 1. The highest BCUT2D eigenvalue weighted by atomic mass is 16.6. The third-order valence-electron chi connectivity index (χ3n) is 3.56. The number of aliphatic carboxylic acids is 1. The number of aromatic nitrogens is 2. The first-order chi connectivity index (χ1) is 10.1. The van der Waals surface area contributed by atoms with E-state index < -0.39 is 11.9 Å². The number of hydrogen-bond acceptors (Lipinski definition) is 5. The molecule has 0 spiro atoms. The smallest absolute Gasteiger partial charge is 0.417 e. The molecule has 1 saturated carbocycles. The van der Waals surface area contributed by atoms with Gasteiger partial charge in [-0.1, -0.05) is 19.3 Å². The van der Waals surface area contributed by atoms with E-state index in [2.05, 4.69) is 9.84 Å². The zero-order valence-corrected chi connectivity index (χ0v) is 12.1. The number of aryl methyl sites for hydroxylation is 1. The molecule has 1 aromatic rings. The van der Waals surface area contributed by atoms with Gasteiger partial charge in [-0.2, -0.15) is 0 Å². The van der Waals surface area contributed by atoms with Gasteiger partial charge in [0.1, 0.15) is 13.2 Å². The van der Waals surface area contributed by atoms with Gasteiger partial charge in [-0.25, -0.2) is 9.59 Å². The Hall–Kier alpha value is -2.05. The second-order valence-corrected chi connectivity index (χ2v) is 5.15. The fraction of sp³-hybridized carbons (Fsp3) is 0.643. The summed E-state index contributed by atoms with van der Waals surface area (Å²) in [5, 5.41) is 12.8. The molecule has 1 aromatic heterocycles. The maximum absolute atomic E-state index is 10.7. The van der Waals surface area contributed by atoms with E-state index in [-0.39, 0.29) is 13.2 Å². The number of carboxylic acids is 1. The van der Waals surface area contributed by atoms with E-state index in [1.807, 2.05) is 17.7 Å². The summed E-state index contributed by atoms with van der Waals surface area (Å²) in [5.41, 5.74) is 1.04. The molecule has 7 heteroatoms. The summed E-state index contributed by atoms with van der Waals surface area (Å²) in [6.07, 6.45) is 6.02. The largest absolute Gasteiger partial charge is 0.473 e. The van der Waals surface area contributed by atoms with Crippen LogP contribution in [0, 0.1) is 6.92 Å². The van der Waals surface area contributed by atoms with Gasteiger partial charge >= 0.3 is 11.9 Å². The van der Waals surface area contributed by atoms with Crippen molar-refractivity contribution < 1.29 is 24.2 Å². The van der Waals surface area contributed by atoms with E-state index in [0.29, 0.717) is 11.9 Å². The van der Waals surface area contributed by atoms with Gasteiger partial charge in [0, 0.05) is 11.8 Å². The van der Waals surface area contributed by atoms with E-state index in [4.69, 9.17) is 9.84 Å². The Labute approximate surface area is 122 Å². The summed E-state index contributed by atoms with van der Waals surface area (Å²) in [5.74, 6) is -2.40. The van der Waals surface area contributed by atoms with Crippen molar-refractivity contribution in [3.05, 3.63) is 11.8 Å². The molecule has 0 radical (unpaired) electrons. The van der Waals surface area contributed by atoms with Crippen LogP contribution >= 0.6 is 0 Å². The van der Waals surface area contributed by atoms with Gasteiger partial charge in [-0.05, 0) is 19.8 Å². The van der Waals surface area contributed by atoms with E-state index in [1.54, 1.807) is 0 Å². The molecule has 1 N–H and O–H groups in total. The topological polar surface area (TPSA) is 90.7 Å². The van der Waals surface area contributed by atoms with Crippen LogP contribution < -0.4 is 4.74 Å². The van der Waals surface area contributed by atoms with Crippen LogP contribution in [0.1, 0.15) is 43.8 Å². The second kappa shape index (κ2) is 7.10. The SMILES string of the molecule is Cc1cc(OCCOC(=O)C(=O)O)nn1C1CCCCC1. The normalized spacial score (nSPS) is 15.7. The fourth-order valence-electron chi connectivity index (χ4n) is 2.57. The Morgan fingerprint density at radius 2 is 2.05 bits per heavy atom. The standard InChI is InChI=1S/C14H20N2O5/c1-10-9-12(20-7-8-21-14(19)13(17)18)15-16(10)11-5-3-2-4-6-11/h9,11H,2-8H2,1H3,(H,17,18). The van der Waals surface area contributed by atoms with Gasteiger partial charge in [0.15, 0.2) is 0 Å². The van der Waals surface area contributed by atoms with Crippen LogP contribution in [0.5, 0.6) is 5.88 Å². The number of rotatable bonds is 5. The quantitative estimate of drug-likeness (QED) is 0.505. The highest BCUT2D eigenvalue weighted by Crippen LogP contribution is 2.29. The zero-order chi connectivity index (χ0) is 15.2. The van der Waals surface area contributed by atoms with Crippen molar-refractivity contribution in [2.24, 2.45) is 0 Å². The van der Waals surface area contributed by atoms with Crippen LogP contribution in [-0.2, 0) is 14.3 Å². The first kappa shape index (κ1) is 15.3. The minimum atomic E-state index is -1.60. The van der Waals surface area contributed by atoms with Gasteiger partial charge < -0.3 is 14.6 Å². The molecule has 0 atom stereocenters. The molecule has 1 heterocycles. The van der Waals surface area contributed by atoms with Crippen LogP contribution in [0.15, 0.2) is 6.07 Å². The summed E-state index contributed by atoms with van der Waals surface area (Å²) in [6.45, 7) is 1.96. The second-order valence-electron chi connectivity index (χ2n) is 5.15. The molecule has 1 aliphatic rings. The Kier molecular flexibility index (Phi) is 5.19. The average Bonchev–Trinajstić information content (AvgIpc) is 2.85. The van der Waals surface area contributed by atoms with Crippen molar-refractivity contribution >= 4 is 11.9 Å². The van der Waals surface area contributed by atoms with E-state index in [0.717, 1.165) is 18.5 Å². The predicted octanol–water partition coefficient (Wildman–Crippen LogP) is 1.70. The van der Waals surface area contributed by atoms with Gasteiger partial charge in [-0.3, -0.25) is 4.68 Å². The van der Waals surface area contributed by atoms with Gasteiger partial charge in [0.25, 0.3) is 0 Å². The fourth-order valence-corrected chi connectivity index (χ4v) is 2.57. The average molecular weight is 296 g/mol. The number of nitrogens with zero attached hydrogens (tertiary/aromatic N) is 2. The van der Waals surface area contributed by atoms with Crippen LogP contribution in [0.4, 0.5) is 0 Å². The van der Waals surface area contributed by atoms with Crippen LogP contribution in [0.3, 0.4) is 0 Å². The minimum absolute atomic E-state index is 0.0835. The third kappa shape index (κ3) is 4.21. The number of carbonyl (C=O) groups excluding carboxylic acids is 1. The van der Waals surface area contributed by atoms with Crippen molar-refractivity contribution in [2.75, 3.05) is 13.2 Å². The Morgan fingerprint density at radius 1 is 1.33 bits per heavy atom. The molecular weight excluding hydrogens is 276 g/mol. The molecule has 1 fully saturated rings. The number of carboxylic acid groups (broad SMARTS) is 1. The summed E-state index contributed by atoms with van der Waals surface area (Å²) < 4.78 is 11.9. The van der Waals surface area contributed by atoms with E-state index in [1.165, 1.54) is 19.3 Å². The third-order valence-corrected chi connectivity index (χ3v) is 3.56. The van der Waals surface area contributed by atoms with Crippen LogP contribution in [0.25, 0.3) is 0 Å². The summed E-state index contributed by atoms with van der Waals surface area (Å²) >= 11 is 0. The lowest BCUT2D eigenvalue weighted by atomic mass is 9.95. The first-order valence-corrected chi connectivity index (χ1v) is 7.17. The Bertz CT molecular complexity index is 505.